The predicted molar refractivity (Wildman–Crippen MR) is 243 cm³/mol. The Kier molecular flexibility index (Phi) is 47.6. The standard InChI is InChI=1S/C49H96O11/c1-5-9-13-21-29-45(27-11-7-3)59-48(51)31-23-17-15-19-25-34-56-43-47(44-57-42-41-55-40-39-54-38-37-53-36-33-50)58-35-26-20-16-18-24-32-49(52)60-46(28-12-8-4)30-22-14-10-6-2/h45-47,50H,5-44H2,1-4H3. The van der Waals surface area contributed by atoms with Crippen LogP contribution in [0.3, 0.4) is 0 Å². The van der Waals surface area contributed by atoms with E-state index in [2.05, 4.69) is 27.7 Å². The smallest absolute Gasteiger partial charge is 0.306 e. The highest BCUT2D eigenvalue weighted by Crippen LogP contribution is 2.18. The van der Waals surface area contributed by atoms with Gasteiger partial charge in [-0.1, -0.05) is 130 Å². The van der Waals surface area contributed by atoms with Gasteiger partial charge in [-0.3, -0.25) is 9.59 Å². The first-order chi connectivity index (χ1) is 29.5. The van der Waals surface area contributed by atoms with Crippen molar-refractivity contribution in [1.82, 2.24) is 0 Å². The Morgan fingerprint density at radius 3 is 1.20 bits per heavy atom. The minimum atomic E-state index is -0.150. The van der Waals surface area contributed by atoms with Crippen LogP contribution in [0.15, 0.2) is 0 Å². The molecular formula is C49H96O11. The Morgan fingerprint density at radius 1 is 0.367 bits per heavy atom. The molecule has 60 heavy (non-hydrogen) atoms. The Balaban J connectivity index is 4.38. The molecule has 0 aliphatic carbocycles. The third-order valence-electron chi connectivity index (χ3n) is 10.6. The summed E-state index contributed by atoms with van der Waals surface area (Å²) in [7, 11) is 0. The third kappa shape index (κ3) is 43.3. The lowest BCUT2D eigenvalue weighted by Gasteiger charge is -2.19. The molecule has 0 spiro atoms. The van der Waals surface area contributed by atoms with Crippen LogP contribution in [-0.2, 0) is 47.5 Å². The van der Waals surface area contributed by atoms with Crippen LogP contribution >= 0.6 is 0 Å². The predicted octanol–water partition coefficient (Wildman–Crippen LogP) is 11.3. The van der Waals surface area contributed by atoms with E-state index in [0.29, 0.717) is 85.5 Å². The van der Waals surface area contributed by atoms with Crippen molar-refractivity contribution in [3.63, 3.8) is 0 Å². The molecule has 0 aromatic rings. The fourth-order valence-corrected chi connectivity index (χ4v) is 6.93. The molecule has 0 heterocycles. The molecule has 0 aromatic carbocycles. The second kappa shape index (κ2) is 48.7. The Hall–Kier alpha value is -1.34. The van der Waals surface area contributed by atoms with Crippen molar-refractivity contribution in [2.45, 2.75) is 226 Å². The van der Waals surface area contributed by atoms with Crippen LogP contribution < -0.4 is 0 Å². The van der Waals surface area contributed by atoms with Crippen molar-refractivity contribution >= 4 is 11.9 Å². The summed E-state index contributed by atoms with van der Waals surface area (Å²) in [5.74, 6) is -0.0645. The van der Waals surface area contributed by atoms with E-state index in [-0.39, 0.29) is 36.9 Å². The molecule has 1 N–H and O–H groups in total. The maximum absolute atomic E-state index is 12.5. The summed E-state index contributed by atoms with van der Waals surface area (Å²) in [5, 5.41) is 8.74. The molecule has 358 valence electrons. The van der Waals surface area contributed by atoms with Crippen LogP contribution in [0.4, 0.5) is 0 Å². The van der Waals surface area contributed by atoms with Gasteiger partial charge in [-0.2, -0.15) is 0 Å². The minimum absolute atomic E-state index is 0.0155. The lowest BCUT2D eigenvalue weighted by molar-refractivity contribution is -0.151. The first kappa shape index (κ1) is 58.7. The van der Waals surface area contributed by atoms with E-state index in [9.17, 15) is 9.59 Å². The van der Waals surface area contributed by atoms with Crippen LogP contribution in [-0.4, -0.2) is 115 Å². The monoisotopic (exact) mass is 861 g/mol. The molecule has 11 nitrogen and oxygen atoms in total. The van der Waals surface area contributed by atoms with E-state index < -0.39 is 0 Å². The number of rotatable bonds is 50. The number of unbranched alkanes of at least 4 members (excludes halogenated alkanes) is 16. The van der Waals surface area contributed by atoms with E-state index in [1.807, 2.05) is 0 Å². The van der Waals surface area contributed by atoms with E-state index in [4.69, 9.17) is 43.0 Å². The zero-order chi connectivity index (χ0) is 43.8. The lowest BCUT2D eigenvalue weighted by Crippen LogP contribution is -2.27. The quantitative estimate of drug-likeness (QED) is 0.0464. The molecule has 0 bridgehead atoms. The van der Waals surface area contributed by atoms with Gasteiger partial charge in [0.1, 0.15) is 18.3 Å². The average molecular weight is 861 g/mol. The topological polar surface area (TPSA) is 128 Å². The molecule has 0 aliphatic rings. The number of ether oxygens (including phenoxy) is 8. The van der Waals surface area contributed by atoms with Gasteiger partial charge in [0.2, 0.25) is 0 Å². The largest absolute Gasteiger partial charge is 0.462 e. The van der Waals surface area contributed by atoms with Gasteiger partial charge < -0.3 is 43.0 Å². The fraction of sp³-hybridized carbons (Fsp3) is 0.959. The highest BCUT2D eigenvalue weighted by molar-refractivity contribution is 5.69. The Morgan fingerprint density at radius 2 is 0.733 bits per heavy atom. The highest BCUT2D eigenvalue weighted by atomic mass is 16.6. The van der Waals surface area contributed by atoms with Crippen molar-refractivity contribution < 1.29 is 52.6 Å². The number of aliphatic hydroxyl groups excluding tert-OH is 1. The number of aliphatic hydroxyl groups is 1. The lowest BCUT2D eigenvalue weighted by atomic mass is 10.0. The summed E-state index contributed by atoms with van der Waals surface area (Å²) < 4.78 is 46.2. The molecule has 3 unspecified atom stereocenters. The van der Waals surface area contributed by atoms with Crippen molar-refractivity contribution in [2.24, 2.45) is 0 Å². The van der Waals surface area contributed by atoms with Crippen LogP contribution in [0.2, 0.25) is 0 Å². The molecule has 11 heteroatoms. The molecule has 0 amide bonds. The van der Waals surface area contributed by atoms with E-state index in [0.717, 1.165) is 128 Å². The molecule has 0 fully saturated rings. The number of carbonyl (C=O) groups excluding carboxylic acids is 2. The first-order valence-electron chi connectivity index (χ1n) is 25.0. The normalized spacial score (nSPS) is 13.1. The molecule has 3 atom stereocenters. The second-order valence-corrected chi connectivity index (χ2v) is 16.4. The van der Waals surface area contributed by atoms with Gasteiger partial charge in [-0.05, 0) is 64.2 Å². The zero-order valence-electron chi connectivity index (χ0n) is 39.5. The van der Waals surface area contributed by atoms with Gasteiger partial charge in [0, 0.05) is 26.1 Å². The van der Waals surface area contributed by atoms with Gasteiger partial charge in [0.15, 0.2) is 0 Å². The molecule has 0 aliphatic heterocycles. The number of esters is 2. The summed E-state index contributed by atoms with van der Waals surface area (Å²) in [4.78, 5) is 25.0. The van der Waals surface area contributed by atoms with Gasteiger partial charge in [-0.15, -0.1) is 0 Å². The maximum atomic E-state index is 12.5. The molecule has 0 aromatic heterocycles. The SMILES string of the molecule is CCCCCCC(CCCC)OC(=O)CCCCCCCOCC(COCCOCCOCCOCCO)OCCCCCCCC(=O)OC(CCCC)CCCCCC. The summed E-state index contributed by atoms with van der Waals surface area (Å²) >= 11 is 0. The van der Waals surface area contributed by atoms with Crippen LogP contribution in [0, 0.1) is 0 Å². The summed E-state index contributed by atoms with van der Waals surface area (Å²) in [6, 6.07) is 0. The maximum Gasteiger partial charge on any atom is 0.306 e. The van der Waals surface area contributed by atoms with Gasteiger partial charge in [0.05, 0.1) is 66.1 Å². The van der Waals surface area contributed by atoms with Crippen LogP contribution in [0.25, 0.3) is 0 Å². The molecule has 0 radical (unpaired) electrons. The number of hydrogen-bond donors (Lipinski definition) is 1. The fourth-order valence-electron chi connectivity index (χ4n) is 6.93. The third-order valence-corrected chi connectivity index (χ3v) is 10.6. The van der Waals surface area contributed by atoms with E-state index in [1.165, 1.54) is 38.5 Å². The highest BCUT2D eigenvalue weighted by Gasteiger charge is 2.16. The van der Waals surface area contributed by atoms with Crippen molar-refractivity contribution in [3.8, 4) is 0 Å². The van der Waals surface area contributed by atoms with Crippen LogP contribution in [0.5, 0.6) is 0 Å². The first-order valence-corrected chi connectivity index (χ1v) is 25.0. The Bertz CT molecular complexity index is 876. The minimum Gasteiger partial charge on any atom is -0.462 e. The van der Waals surface area contributed by atoms with Crippen molar-refractivity contribution in [3.05, 3.63) is 0 Å². The van der Waals surface area contributed by atoms with E-state index in [1.54, 1.807) is 0 Å². The van der Waals surface area contributed by atoms with E-state index >= 15 is 0 Å². The van der Waals surface area contributed by atoms with Crippen molar-refractivity contribution in [2.75, 3.05) is 79.3 Å². The summed E-state index contributed by atoms with van der Waals surface area (Å²) in [6.45, 7) is 14.2. The molecule has 0 saturated heterocycles. The Labute approximate surface area is 368 Å². The number of carbonyl (C=O) groups is 2. The second-order valence-electron chi connectivity index (χ2n) is 16.4. The summed E-state index contributed by atoms with van der Waals surface area (Å²) in [6.07, 6.45) is 29.2. The summed E-state index contributed by atoms with van der Waals surface area (Å²) in [5.41, 5.74) is 0. The molecule has 0 rings (SSSR count). The van der Waals surface area contributed by atoms with Crippen LogP contribution in [0.1, 0.15) is 207 Å². The molecular weight excluding hydrogens is 765 g/mol. The molecule has 0 saturated carbocycles. The van der Waals surface area contributed by atoms with Crippen molar-refractivity contribution in [1.29, 1.82) is 0 Å². The van der Waals surface area contributed by atoms with Gasteiger partial charge >= 0.3 is 11.9 Å². The van der Waals surface area contributed by atoms with Gasteiger partial charge in [0.25, 0.3) is 0 Å². The zero-order valence-corrected chi connectivity index (χ0v) is 39.5. The number of hydrogen-bond acceptors (Lipinski definition) is 11. The van der Waals surface area contributed by atoms with Gasteiger partial charge in [-0.25, -0.2) is 0 Å². The average Bonchev–Trinajstić information content (AvgIpc) is 3.24.